The minimum Gasteiger partial charge on any atom is -0.396 e. The molecule has 7 atom stereocenters. The van der Waals surface area contributed by atoms with E-state index in [0.717, 1.165) is 30.8 Å². The first-order valence-electron chi connectivity index (χ1n) is 13.3. The van der Waals surface area contributed by atoms with Gasteiger partial charge in [-0.05, 0) is 99.5 Å². The third-order valence-electron chi connectivity index (χ3n) is 8.96. The molecule has 3 aliphatic carbocycles. The molecule has 0 saturated heterocycles. The highest BCUT2D eigenvalue weighted by atomic mass is 16.3. The molecule has 0 aliphatic heterocycles. The molecule has 0 spiro atoms. The van der Waals surface area contributed by atoms with Crippen LogP contribution in [0.15, 0.2) is 35.5 Å². The maximum Gasteiger partial charge on any atom is 0.0779 e. The van der Waals surface area contributed by atoms with Crippen LogP contribution in [-0.4, -0.2) is 44.8 Å². The van der Waals surface area contributed by atoms with Crippen LogP contribution in [0, 0.1) is 29.1 Å². The van der Waals surface area contributed by atoms with E-state index in [1.54, 1.807) is 0 Å². The number of hydrogen-bond donors (Lipinski definition) is 4. The van der Waals surface area contributed by atoms with Crippen molar-refractivity contribution in [3.05, 3.63) is 35.5 Å². The van der Waals surface area contributed by atoms with Gasteiger partial charge < -0.3 is 20.4 Å². The fourth-order valence-corrected chi connectivity index (χ4v) is 7.09. The van der Waals surface area contributed by atoms with Gasteiger partial charge in [-0.3, -0.25) is 0 Å². The standard InChI is InChI=1S/C29H48O4/c1-20(8-5-15-28(2,3)33)24-13-14-25-22(9-6-16-29(24,25)4)12-11-21-18-26(31)23(10-7-17-30)27(32)19-21/h9,11-12,18,20,23-27,30-33H,5-8,10,13-17,19H2,1-4H3/b12-11+/t20-,23-,24-,25-,26-,27-,29-/m1/s1. The second kappa shape index (κ2) is 11.2. The van der Waals surface area contributed by atoms with Gasteiger partial charge in [0.15, 0.2) is 0 Å². The second-order valence-corrected chi connectivity index (χ2v) is 12.0. The summed E-state index contributed by atoms with van der Waals surface area (Å²) in [4.78, 5) is 0. The molecule has 188 valence electrons. The molecule has 0 amide bonds. The topological polar surface area (TPSA) is 80.9 Å². The van der Waals surface area contributed by atoms with Crippen LogP contribution in [0.5, 0.6) is 0 Å². The van der Waals surface area contributed by atoms with Gasteiger partial charge in [0.1, 0.15) is 0 Å². The fraction of sp³-hybridized carbons (Fsp3) is 0.793. The first-order valence-corrected chi connectivity index (χ1v) is 13.3. The molecule has 0 aromatic carbocycles. The Hall–Kier alpha value is -0.940. The van der Waals surface area contributed by atoms with E-state index in [9.17, 15) is 15.3 Å². The lowest BCUT2D eigenvalue weighted by molar-refractivity contribution is 0.0191. The zero-order valence-electron chi connectivity index (χ0n) is 21.3. The van der Waals surface area contributed by atoms with E-state index in [0.29, 0.717) is 36.5 Å². The zero-order valence-corrected chi connectivity index (χ0v) is 21.3. The number of aliphatic hydroxyl groups is 4. The maximum absolute atomic E-state index is 10.5. The van der Waals surface area contributed by atoms with Crippen LogP contribution in [0.2, 0.25) is 0 Å². The lowest BCUT2D eigenvalue weighted by Crippen LogP contribution is -2.35. The molecule has 4 nitrogen and oxygen atoms in total. The maximum atomic E-state index is 10.5. The van der Waals surface area contributed by atoms with Crippen molar-refractivity contribution >= 4 is 0 Å². The van der Waals surface area contributed by atoms with Crippen molar-refractivity contribution in [2.45, 2.75) is 110 Å². The van der Waals surface area contributed by atoms with E-state index >= 15 is 0 Å². The predicted molar refractivity (Wildman–Crippen MR) is 135 cm³/mol. The normalized spacial score (nSPS) is 35.9. The van der Waals surface area contributed by atoms with Gasteiger partial charge in [-0.2, -0.15) is 0 Å². The van der Waals surface area contributed by atoms with Gasteiger partial charge in [-0.25, -0.2) is 0 Å². The molecule has 4 N–H and O–H groups in total. The number of allylic oxidation sites excluding steroid dienone is 4. The van der Waals surface area contributed by atoms with Gasteiger partial charge in [0.2, 0.25) is 0 Å². The summed E-state index contributed by atoms with van der Waals surface area (Å²) in [5.41, 5.74) is 2.21. The molecule has 1 fully saturated rings. The van der Waals surface area contributed by atoms with E-state index < -0.39 is 17.8 Å². The van der Waals surface area contributed by atoms with Gasteiger partial charge in [0, 0.05) is 12.5 Å². The van der Waals surface area contributed by atoms with E-state index in [4.69, 9.17) is 5.11 Å². The monoisotopic (exact) mass is 460 g/mol. The third kappa shape index (κ3) is 6.60. The molecule has 0 unspecified atom stereocenters. The molecular weight excluding hydrogens is 412 g/mol. The fourth-order valence-electron chi connectivity index (χ4n) is 7.09. The van der Waals surface area contributed by atoms with Crippen LogP contribution in [0.1, 0.15) is 91.9 Å². The molecule has 0 radical (unpaired) electrons. The smallest absolute Gasteiger partial charge is 0.0779 e. The van der Waals surface area contributed by atoms with Gasteiger partial charge >= 0.3 is 0 Å². The Morgan fingerprint density at radius 3 is 2.61 bits per heavy atom. The van der Waals surface area contributed by atoms with E-state index in [1.165, 1.54) is 31.3 Å². The molecule has 3 rings (SSSR count). The second-order valence-electron chi connectivity index (χ2n) is 12.0. The van der Waals surface area contributed by atoms with E-state index in [1.807, 2.05) is 19.9 Å². The molecule has 1 saturated carbocycles. The quantitative estimate of drug-likeness (QED) is 0.356. The Labute approximate surface area is 201 Å². The Morgan fingerprint density at radius 2 is 1.94 bits per heavy atom. The third-order valence-corrected chi connectivity index (χ3v) is 8.96. The average molecular weight is 461 g/mol. The number of fused-ring (bicyclic) bond motifs is 1. The summed E-state index contributed by atoms with van der Waals surface area (Å²) in [5.74, 6) is 1.81. The molecular formula is C29H48O4. The Bertz CT molecular complexity index is 730. The van der Waals surface area contributed by atoms with Gasteiger partial charge in [0.25, 0.3) is 0 Å². The molecule has 33 heavy (non-hydrogen) atoms. The summed E-state index contributed by atoms with van der Waals surface area (Å²) in [6.07, 6.45) is 17.3. The lowest BCUT2D eigenvalue weighted by Gasteiger charge is -2.43. The van der Waals surface area contributed by atoms with Crippen molar-refractivity contribution in [2.24, 2.45) is 29.1 Å². The van der Waals surface area contributed by atoms with Crippen molar-refractivity contribution in [3.63, 3.8) is 0 Å². The summed E-state index contributed by atoms with van der Waals surface area (Å²) in [6, 6.07) is 0. The summed E-state index contributed by atoms with van der Waals surface area (Å²) < 4.78 is 0. The molecule has 0 aromatic heterocycles. The highest BCUT2D eigenvalue weighted by molar-refractivity contribution is 5.35. The van der Waals surface area contributed by atoms with E-state index in [2.05, 4.69) is 32.1 Å². The summed E-state index contributed by atoms with van der Waals surface area (Å²) >= 11 is 0. The van der Waals surface area contributed by atoms with Crippen LogP contribution in [0.4, 0.5) is 0 Å². The molecule has 4 heteroatoms. The average Bonchev–Trinajstić information content (AvgIpc) is 3.08. The van der Waals surface area contributed by atoms with Crippen LogP contribution < -0.4 is 0 Å². The highest BCUT2D eigenvalue weighted by Gasteiger charge is 2.49. The lowest BCUT2D eigenvalue weighted by atomic mass is 9.62. The highest BCUT2D eigenvalue weighted by Crippen LogP contribution is 2.58. The Balaban J connectivity index is 1.63. The minimum absolute atomic E-state index is 0.0970. The van der Waals surface area contributed by atoms with Crippen LogP contribution in [0.25, 0.3) is 0 Å². The van der Waals surface area contributed by atoms with Crippen LogP contribution in [0.3, 0.4) is 0 Å². The van der Waals surface area contributed by atoms with Crippen molar-refractivity contribution in [3.8, 4) is 0 Å². The van der Waals surface area contributed by atoms with Gasteiger partial charge in [-0.15, -0.1) is 0 Å². The van der Waals surface area contributed by atoms with Gasteiger partial charge in [-0.1, -0.05) is 51.0 Å². The number of hydrogen-bond acceptors (Lipinski definition) is 4. The summed E-state index contributed by atoms with van der Waals surface area (Å²) in [6.45, 7) is 8.83. The Kier molecular flexibility index (Phi) is 9.05. The predicted octanol–water partition coefficient (Wildman–Crippen LogP) is 5.31. The molecule has 3 aliphatic rings. The summed E-state index contributed by atoms with van der Waals surface area (Å²) in [5, 5.41) is 40.2. The number of rotatable bonds is 10. The first kappa shape index (κ1) is 26.7. The molecule has 0 heterocycles. The van der Waals surface area contributed by atoms with E-state index in [-0.39, 0.29) is 12.5 Å². The van der Waals surface area contributed by atoms with Crippen molar-refractivity contribution in [1.29, 1.82) is 0 Å². The largest absolute Gasteiger partial charge is 0.396 e. The van der Waals surface area contributed by atoms with Gasteiger partial charge in [0.05, 0.1) is 17.8 Å². The summed E-state index contributed by atoms with van der Waals surface area (Å²) in [7, 11) is 0. The van der Waals surface area contributed by atoms with Crippen molar-refractivity contribution in [2.75, 3.05) is 6.61 Å². The number of aliphatic hydroxyl groups excluding tert-OH is 3. The van der Waals surface area contributed by atoms with Crippen LogP contribution >= 0.6 is 0 Å². The van der Waals surface area contributed by atoms with Crippen LogP contribution in [-0.2, 0) is 0 Å². The van der Waals surface area contributed by atoms with Crippen molar-refractivity contribution in [1.82, 2.24) is 0 Å². The zero-order chi connectivity index (χ0) is 24.2. The van der Waals surface area contributed by atoms with Crippen molar-refractivity contribution < 1.29 is 20.4 Å². The SMILES string of the molecule is C[C@H](CCCC(C)(C)O)[C@H]1CC[C@@H]2C(/C=C/C3=C[C@@H](O)[C@@H](CCCO)[C@H](O)C3)=CCC[C@@]21C. The Morgan fingerprint density at radius 1 is 1.18 bits per heavy atom. The minimum atomic E-state index is -0.647. The first-order chi connectivity index (χ1) is 15.5. The molecule has 0 bridgehead atoms. The molecule has 0 aromatic rings.